The van der Waals surface area contributed by atoms with Gasteiger partial charge in [-0.25, -0.2) is 4.79 Å². The molecule has 7 nitrogen and oxygen atoms in total. The Labute approximate surface area is 156 Å². The van der Waals surface area contributed by atoms with E-state index in [1.165, 1.54) is 16.0 Å². The van der Waals surface area contributed by atoms with Gasteiger partial charge in [-0.15, -0.1) is 0 Å². The molecule has 142 valence electrons. The van der Waals surface area contributed by atoms with Crippen LogP contribution in [0.2, 0.25) is 0 Å². The lowest BCUT2D eigenvalue weighted by Gasteiger charge is -2.44. The summed E-state index contributed by atoms with van der Waals surface area (Å²) in [5.41, 5.74) is 3.29. The van der Waals surface area contributed by atoms with E-state index in [4.69, 9.17) is 4.84 Å². The van der Waals surface area contributed by atoms with Crippen molar-refractivity contribution in [2.45, 2.75) is 57.0 Å². The maximum atomic E-state index is 12.4. The first kappa shape index (κ1) is 16.9. The highest BCUT2D eigenvalue weighted by Gasteiger charge is 2.58. The number of hydrogen-bond acceptors (Lipinski definition) is 5. The highest BCUT2D eigenvalue weighted by Crippen LogP contribution is 2.47. The lowest BCUT2D eigenvalue weighted by molar-refractivity contribution is -0.164. The first-order valence-corrected chi connectivity index (χ1v) is 9.43. The molecule has 0 bridgehead atoms. The lowest BCUT2D eigenvalue weighted by Crippen LogP contribution is -2.61. The first-order chi connectivity index (χ1) is 13.0. The summed E-state index contributed by atoms with van der Waals surface area (Å²) in [7, 11) is 0. The van der Waals surface area contributed by atoms with Gasteiger partial charge in [0, 0.05) is 12.6 Å². The number of aliphatic carboxylic acids is 1. The van der Waals surface area contributed by atoms with Gasteiger partial charge in [-0.3, -0.25) is 9.63 Å². The van der Waals surface area contributed by atoms with Crippen LogP contribution in [-0.2, 0) is 27.4 Å². The van der Waals surface area contributed by atoms with Gasteiger partial charge in [-0.2, -0.15) is 5.06 Å². The molecule has 4 aliphatic rings. The van der Waals surface area contributed by atoms with Crippen LogP contribution in [0.15, 0.2) is 35.5 Å². The van der Waals surface area contributed by atoms with E-state index in [0.717, 1.165) is 6.42 Å². The van der Waals surface area contributed by atoms with E-state index in [-0.39, 0.29) is 29.8 Å². The topological polar surface area (TPSA) is 90.3 Å². The number of nitrogens with zero attached hydrogens (tertiary/aromatic N) is 2. The molecule has 2 fully saturated rings. The number of hydroxylamine groups is 2. The second-order valence-electron chi connectivity index (χ2n) is 7.96. The van der Waals surface area contributed by atoms with E-state index >= 15 is 0 Å². The summed E-state index contributed by atoms with van der Waals surface area (Å²) < 4.78 is 0. The number of aliphatic hydroxyl groups is 1. The summed E-state index contributed by atoms with van der Waals surface area (Å²) in [4.78, 5) is 31.8. The SMILES string of the molecule is C[C@@H](O)[C@H]1C(=O)N2C(C(=O)O)=C(C3CC4Cc5ccccc5CN4O3)C[C@H]12. The third kappa shape index (κ3) is 2.38. The number of carboxylic acid groups (broad SMARTS) is 1. The van der Waals surface area contributed by atoms with Gasteiger partial charge < -0.3 is 15.1 Å². The van der Waals surface area contributed by atoms with E-state index in [1.807, 2.05) is 17.2 Å². The molecule has 0 spiro atoms. The van der Waals surface area contributed by atoms with Crippen LogP contribution in [0.3, 0.4) is 0 Å². The van der Waals surface area contributed by atoms with Crippen LogP contribution in [0.5, 0.6) is 0 Å². The number of β-lactam (4-membered cyclic amide) rings is 1. The Hall–Kier alpha value is -2.22. The lowest BCUT2D eigenvalue weighted by atomic mass is 9.82. The van der Waals surface area contributed by atoms with Gasteiger partial charge in [0.15, 0.2) is 0 Å². The second-order valence-corrected chi connectivity index (χ2v) is 7.96. The maximum Gasteiger partial charge on any atom is 0.352 e. The molecule has 7 heteroatoms. The van der Waals surface area contributed by atoms with Gasteiger partial charge in [0.05, 0.1) is 18.1 Å². The van der Waals surface area contributed by atoms with E-state index in [1.54, 1.807) is 6.92 Å². The predicted molar refractivity (Wildman–Crippen MR) is 94.1 cm³/mol. The van der Waals surface area contributed by atoms with E-state index in [9.17, 15) is 19.8 Å². The standard InChI is InChI=1S/C20H22N2O5/c1-10(23)17-15-8-14(18(20(25)26)22(15)19(17)24)16-7-13-6-11-4-2-3-5-12(11)9-21(13)27-16/h2-5,10,13,15-17,23H,6-9H2,1H3,(H,25,26)/t10-,13?,15-,16?,17-/m1/s1. The summed E-state index contributed by atoms with van der Waals surface area (Å²) in [5, 5.41) is 21.6. The zero-order valence-corrected chi connectivity index (χ0v) is 15.0. The average molecular weight is 370 g/mol. The molecule has 0 aromatic heterocycles. The molecule has 2 unspecified atom stereocenters. The number of amides is 1. The van der Waals surface area contributed by atoms with Crippen molar-refractivity contribution in [3.8, 4) is 0 Å². The molecule has 27 heavy (non-hydrogen) atoms. The molecule has 0 saturated carbocycles. The molecule has 0 aliphatic carbocycles. The molecule has 1 amide bonds. The number of carbonyl (C=O) groups excluding carboxylic acids is 1. The average Bonchev–Trinajstić information content (AvgIpc) is 3.17. The molecule has 1 aromatic rings. The van der Waals surface area contributed by atoms with Gasteiger partial charge in [-0.05, 0) is 42.9 Å². The van der Waals surface area contributed by atoms with E-state index < -0.39 is 18.0 Å². The van der Waals surface area contributed by atoms with Gasteiger partial charge >= 0.3 is 5.97 Å². The van der Waals surface area contributed by atoms with Crippen molar-refractivity contribution >= 4 is 11.9 Å². The largest absolute Gasteiger partial charge is 0.477 e. The van der Waals surface area contributed by atoms with Crippen molar-refractivity contribution < 1.29 is 24.6 Å². The van der Waals surface area contributed by atoms with Crippen molar-refractivity contribution in [1.82, 2.24) is 9.96 Å². The normalized spacial score (nSPS) is 33.4. The number of benzene rings is 1. The minimum Gasteiger partial charge on any atom is -0.477 e. The number of carboxylic acids is 1. The Balaban J connectivity index is 1.41. The molecule has 4 aliphatic heterocycles. The van der Waals surface area contributed by atoms with E-state index in [2.05, 4.69) is 12.1 Å². The highest BCUT2D eigenvalue weighted by molar-refractivity contribution is 5.99. The highest BCUT2D eigenvalue weighted by atomic mass is 16.7. The summed E-state index contributed by atoms with van der Waals surface area (Å²) in [5.74, 6) is -1.92. The van der Waals surface area contributed by atoms with Gasteiger partial charge in [0.25, 0.3) is 0 Å². The van der Waals surface area contributed by atoms with Crippen molar-refractivity contribution in [3.05, 3.63) is 46.7 Å². The molecular formula is C20H22N2O5. The van der Waals surface area contributed by atoms with Crippen LogP contribution in [0.1, 0.15) is 30.9 Å². The minimum absolute atomic E-state index is 0.0595. The van der Waals surface area contributed by atoms with Crippen LogP contribution in [0.25, 0.3) is 0 Å². The predicted octanol–water partition coefficient (Wildman–Crippen LogP) is 1.07. The number of hydrogen-bond donors (Lipinski definition) is 2. The smallest absolute Gasteiger partial charge is 0.352 e. The van der Waals surface area contributed by atoms with E-state index in [0.29, 0.717) is 25.0 Å². The Bertz CT molecular complexity index is 831. The fraction of sp³-hybridized carbons (Fsp3) is 0.500. The summed E-state index contributed by atoms with van der Waals surface area (Å²) in [6.07, 6.45) is 0.947. The first-order valence-electron chi connectivity index (χ1n) is 9.43. The quantitative estimate of drug-likeness (QED) is 0.774. The summed E-state index contributed by atoms with van der Waals surface area (Å²) in [6.45, 7) is 2.28. The number of fused-ring (bicyclic) bond motifs is 3. The Morgan fingerprint density at radius 3 is 2.70 bits per heavy atom. The fourth-order valence-corrected chi connectivity index (χ4v) is 5.14. The van der Waals surface area contributed by atoms with Crippen LogP contribution in [0.4, 0.5) is 0 Å². The van der Waals surface area contributed by atoms with Gasteiger partial charge in [-0.1, -0.05) is 24.3 Å². The fourth-order valence-electron chi connectivity index (χ4n) is 5.14. The van der Waals surface area contributed by atoms with Crippen LogP contribution < -0.4 is 0 Å². The third-order valence-electron chi connectivity index (χ3n) is 6.41. The summed E-state index contributed by atoms with van der Waals surface area (Å²) >= 11 is 0. The van der Waals surface area contributed by atoms with Gasteiger partial charge in [0.1, 0.15) is 11.8 Å². The number of aliphatic hydroxyl groups excluding tert-OH is 1. The van der Waals surface area contributed by atoms with Crippen molar-refractivity contribution in [3.63, 3.8) is 0 Å². The van der Waals surface area contributed by atoms with Crippen LogP contribution >= 0.6 is 0 Å². The van der Waals surface area contributed by atoms with Crippen molar-refractivity contribution in [2.75, 3.05) is 0 Å². The molecule has 5 rings (SSSR count). The van der Waals surface area contributed by atoms with Crippen LogP contribution in [-0.4, -0.2) is 56.3 Å². The van der Waals surface area contributed by atoms with Crippen molar-refractivity contribution in [2.24, 2.45) is 5.92 Å². The minimum atomic E-state index is -1.10. The Kier molecular flexibility index (Phi) is 3.69. The van der Waals surface area contributed by atoms with Crippen molar-refractivity contribution in [1.29, 1.82) is 0 Å². The number of carbonyl (C=O) groups is 2. The number of rotatable bonds is 3. The molecule has 2 saturated heterocycles. The van der Waals surface area contributed by atoms with Gasteiger partial charge in [0.2, 0.25) is 5.91 Å². The Morgan fingerprint density at radius 1 is 1.26 bits per heavy atom. The molecule has 2 N–H and O–H groups in total. The third-order valence-corrected chi connectivity index (χ3v) is 6.41. The zero-order valence-electron chi connectivity index (χ0n) is 15.0. The monoisotopic (exact) mass is 370 g/mol. The summed E-state index contributed by atoms with van der Waals surface area (Å²) in [6, 6.07) is 8.23. The molecule has 5 atom stereocenters. The molecule has 4 heterocycles. The van der Waals surface area contributed by atoms with Crippen LogP contribution in [0, 0.1) is 5.92 Å². The molecule has 0 radical (unpaired) electrons. The second kappa shape index (κ2) is 5.89. The maximum absolute atomic E-state index is 12.4. The Morgan fingerprint density at radius 2 is 2.00 bits per heavy atom. The zero-order chi connectivity index (χ0) is 18.9. The molecular weight excluding hydrogens is 348 g/mol. The molecule has 1 aromatic carbocycles.